The van der Waals surface area contributed by atoms with Crippen molar-refractivity contribution in [2.45, 2.75) is 18.7 Å². The fourth-order valence-corrected chi connectivity index (χ4v) is 3.74. The van der Waals surface area contributed by atoms with Gasteiger partial charge in [-0.2, -0.15) is 0 Å². The molecule has 0 bridgehead atoms. The molecule has 0 saturated heterocycles. The average Bonchev–Trinajstić information content (AvgIpc) is 3.00. The highest BCUT2D eigenvalue weighted by atomic mass is 32.2. The third-order valence-electron chi connectivity index (χ3n) is 3.56. The van der Waals surface area contributed by atoms with Crippen LogP contribution in [-0.4, -0.2) is 41.8 Å². The van der Waals surface area contributed by atoms with Gasteiger partial charge in [-0.3, -0.25) is 4.98 Å². The van der Waals surface area contributed by atoms with Crippen molar-refractivity contribution in [2.75, 3.05) is 23.7 Å². The molecule has 0 fully saturated rings. The first-order valence-electron chi connectivity index (χ1n) is 8.13. The van der Waals surface area contributed by atoms with Crippen molar-refractivity contribution < 1.29 is 12.9 Å². The summed E-state index contributed by atoms with van der Waals surface area (Å²) in [5, 5.41) is 17.8. The number of anilines is 3. The molecule has 3 aromatic heterocycles. The van der Waals surface area contributed by atoms with Crippen LogP contribution in [0.4, 0.5) is 17.3 Å². The third-order valence-corrected chi connectivity index (χ3v) is 5.26. The van der Waals surface area contributed by atoms with Gasteiger partial charge in [-0.1, -0.05) is 5.16 Å². The maximum Gasteiger partial charge on any atom is 0.246 e. The number of sulfonamides is 1. The van der Waals surface area contributed by atoms with Crippen molar-refractivity contribution in [2.24, 2.45) is 0 Å². The molecule has 3 heterocycles. The average molecular weight is 389 g/mol. The van der Waals surface area contributed by atoms with Gasteiger partial charge in [0.1, 0.15) is 16.4 Å². The van der Waals surface area contributed by atoms with Crippen LogP contribution < -0.4 is 15.4 Å². The van der Waals surface area contributed by atoms with Gasteiger partial charge in [-0.05, 0) is 38.1 Å². The lowest BCUT2D eigenvalue weighted by Crippen LogP contribution is -2.29. The largest absolute Gasteiger partial charge is 0.367 e. The molecule has 0 aromatic carbocycles. The minimum Gasteiger partial charge on any atom is -0.367 e. The molecule has 0 radical (unpaired) electrons. The highest BCUT2D eigenvalue weighted by molar-refractivity contribution is 7.89. The third kappa shape index (κ3) is 4.77. The summed E-state index contributed by atoms with van der Waals surface area (Å²) < 4.78 is 32.0. The van der Waals surface area contributed by atoms with Crippen LogP contribution in [0.3, 0.4) is 0 Å². The zero-order valence-electron chi connectivity index (χ0n) is 14.8. The van der Waals surface area contributed by atoms with Gasteiger partial charge in [0.25, 0.3) is 0 Å². The lowest BCUT2D eigenvalue weighted by molar-refractivity contribution is 0.390. The Bertz CT molecular complexity index is 969. The van der Waals surface area contributed by atoms with Crippen molar-refractivity contribution in [1.82, 2.24) is 25.1 Å². The van der Waals surface area contributed by atoms with Gasteiger partial charge in [0.05, 0.1) is 11.9 Å². The van der Waals surface area contributed by atoms with Crippen molar-refractivity contribution in [3.63, 3.8) is 0 Å². The van der Waals surface area contributed by atoms with E-state index in [1.165, 1.54) is 0 Å². The molecule has 0 unspecified atom stereocenters. The first-order valence-corrected chi connectivity index (χ1v) is 9.61. The van der Waals surface area contributed by atoms with E-state index in [0.29, 0.717) is 23.9 Å². The summed E-state index contributed by atoms with van der Waals surface area (Å²) in [6, 6.07) is 7.19. The Labute approximate surface area is 156 Å². The van der Waals surface area contributed by atoms with Crippen LogP contribution in [0.15, 0.2) is 46.1 Å². The Morgan fingerprint density at radius 2 is 1.85 bits per heavy atom. The standard InChI is InChI=1S/C16H19N7O3S/c1-11-16(12(2)26-23-11)27(24,25)19-9-8-18-14-5-6-15(22-21-14)20-13-4-3-7-17-10-13/h3-7,10,19H,8-9H2,1-2H3,(H,18,21)(H,20,22). The number of nitrogens with zero attached hydrogens (tertiary/aromatic N) is 4. The van der Waals surface area contributed by atoms with Crippen LogP contribution in [-0.2, 0) is 10.0 Å². The van der Waals surface area contributed by atoms with Crippen molar-refractivity contribution in [3.05, 3.63) is 48.1 Å². The number of aryl methyl sites for hydroxylation is 2. The van der Waals surface area contributed by atoms with Gasteiger partial charge in [0, 0.05) is 19.3 Å². The highest BCUT2D eigenvalue weighted by Gasteiger charge is 2.23. The fraction of sp³-hybridized carbons (Fsp3) is 0.250. The van der Waals surface area contributed by atoms with Crippen molar-refractivity contribution in [1.29, 1.82) is 0 Å². The number of pyridine rings is 1. The number of nitrogens with one attached hydrogen (secondary N) is 3. The molecule has 10 nitrogen and oxygen atoms in total. The molecule has 0 aliphatic rings. The second-order valence-electron chi connectivity index (χ2n) is 5.65. The molecule has 11 heteroatoms. The Morgan fingerprint density at radius 1 is 1.07 bits per heavy atom. The van der Waals surface area contributed by atoms with E-state index in [4.69, 9.17) is 4.52 Å². The van der Waals surface area contributed by atoms with Crippen LogP contribution >= 0.6 is 0 Å². The second kappa shape index (κ2) is 8.10. The Hall–Kier alpha value is -3.05. The zero-order chi connectivity index (χ0) is 19.3. The molecule has 3 N–H and O–H groups in total. The summed E-state index contributed by atoms with van der Waals surface area (Å²) in [4.78, 5) is 4.09. The molecule has 3 aromatic rings. The quantitative estimate of drug-likeness (QED) is 0.491. The Balaban J connectivity index is 1.49. The summed E-state index contributed by atoms with van der Waals surface area (Å²) in [7, 11) is -3.67. The first kappa shape index (κ1) is 18.7. The van der Waals surface area contributed by atoms with Crippen LogP contribution in [0.25, 0.3) is 0 Å². The van der Waals surface area contributed by atoms with E-state index in [2.05, 4.69) is 35.7 Å². The lowest BCUT2D eigenvalue weighted by atomic mass is 10.4. The van der Waals surface area contributed by atoms with Gasteiger partial charge in [0.15, 0.2) is 11.6 Å². The van der Waals surface area contributed by atoms with Crippen LogP contribution in [0.5, 0.6) is 0 Å². The van der Waals surface area contributed by atoms with E-state index >= 15 is 0 Å². The van der Waals surface area contributed by atoms with Gasteiger partial charge in [-0.15, -0.1) is 10.2 Å². The minimum absolute atomic E-state index is 0.0770. The molecule has 0 aliphatic carbocycles. The number of aromatic nitrogens is 4. The normalized spacial score (nSPS) is 11.3. The summed E-state index contributed by atoms with van der Waals surface area (Å²) in [5.41, 5.74) is 1.14. The fourth-order valence-electron chi connectivity index (χ4n) is 2.38. The molecule has 27 heavy (non-hydrogen) atoms. The maximum atomic E-state index is 12.3. The van der Waals surface area contributed by atoms with Crippen LogP contribution in [0, 0.1) is 13.8 Å². The Morgan fingerprint density at radius 3 is 2.48 bits per heavy atom. The van der Waals surface area contributed by atoms with E-state index in [9.17, 15) is 8.42 Å². The van der Waals surface area contributed by atoms with E-state index < -0.39 is 10.0 Å². The molecular formula is C16H19N7O3S. The van der Waals surface area contributed by atoms with Crippen molar-refractivity contribution in [3.8, 4) is 0 Å². The highest BCUT2D eigenvalue weighted by Crippen LogP contribution is 2.18. The molecular weight excluding hydrogens is 370 g/mol. The monoisotopic (exact) mass is 389 g/mol. The SMILES string of the molecule is Cc1noc(C)c1S(=O)(=O)NCCNc1ccc(Nc2cccnc2)nn1. The van der Waals surface area contributed by atoms with Gasteiger partial charge in [0.2, 0.25) is 10.0 Å². The van der Waals surface area contributed by atoms with Gasteiger partial charge in [-0.25, -0.2) is 13.1 Å². The van der Waals surface area contributed by atoms with Crippen LogP contribution in [0.2, 0.25) is 0 Å². The molecule has 0 saturated carbocycles. The van der Waals surface area contributed by atoms with Crippen molar-refractivity contribution >= 4 is 27.3 Å². The number of hydrogen-bond acceptors (Lipinski definition) is 9. The molecule has 0 amide bonds. The molecule has 0 aliphatic heterocycles. The van der Waals surface area contributed by atoms with E-state index in [1.54, 1.807) is 38.4 Å². The zero-order valence-corrected chi connectivity index (χ0v) is 15.6. The first-order chi connectivity index (χ1) is 13.0. The summed E-state index contributed by atoms with van der Waals surface area (Å²) in [6.07, 6.45) is 3.36. The second-order valence-corrected chi connectivity index (χ2v) is 7.35. The molecule has 3 rings (SSSR count). The molecule has 142 valence electrons. The predicted octanol–water partition coefficient (Wildman–Crippen LogP) is 1.61. The van der Waals surface area contributed by atoms with E-state index in [1.807, 2.05) is 12.1 Å². The number of rotatable bonds is 8. The van der Waals surface area contributed by atoms with Crippen LogP contribution in [0.1, 0.15) is 11.5 Å². The van der Waals surface area contributed by atoms with Gasteiger partial charge >= 0.3 is 0 Å². The van der Waals surface area contributed by atoms with E-state index in [0.717, 1.165) is 5.69 Å². The Kier molecular flexibility index (Phi) is 5.62. The summed E-state index contributed by atoms with van der Waals surface area (Å²) >= 11 is 0. The maximum absolute atomic E-state index is 12.3. The number of hydrogen-bond donors (Lipinski definition) is 3. The van der Waals surface area contributed by atoms with Gasteiger partial charge < -0.3 is 15.2 Å². The lowest BCUT2D eigenvalue weighted by Gasteiger charge is -2.08. The smallest absolute Gasteiger partial charge is 0.246 e. The minimum atomic E-state index is -3.67. The predicted molar refractivity (Wildman–Crippen MR) is 99.2 cm³/mol. The summed E-state index contributed by atoms with van der Waals surface area (Å²) in [6.45, 7) is 3.65. The van der Waals surface area contributed by atoms with E-state index in [-0.39, 0.29) is 17.2 Å². The topological polar surface area (TPSA) is 135 Å². The molecule has 0 atom stereocenters. The molecule has 0 spiro atoms. The summed E-state index contributed by atoms with van der Waals surface area (Å²) in [5.74, 6) is 1.37.